The van der Waals surface area contributed by atoms with E-state index in [1.807, 2.05) is 6.07 Å². The van der Waals surface area contributed by atoms with Crippen LogP contribution in [0, 0.1) is 5.82 Å². The van der Waals surface area contributed by atoms with Crippen molar-refractivity contribution < 1.29 is 13.9 Å². The molecular formula is C12H12FNO2. The van der Waals surface area contributed by atoms with Crippen molar-refractivity contribution in [1.82, 2.24) is 0 Å². The molecule has 0 unspecified atom stereocenters. The summed E-state index contributed by atoms with van der Waals surface area (Å²) in [4.78, 5) is 13.7. The first-order chi connectivity index (χ1) is 7.72. The van der Waals surface area contributed by atoms with Gasteiger partial charge in [0.25, 0.3) is 0 Å². The van der Waals surface area contributed by atoms with Crippen LogP contribution in [0.5, 0.6) is 5.75 Å². The van der Waals surface area contributed by atoms with Gasteiger partial charge in [0.2, 0.25) is 6.08 Å². The molecule has 1 fully saturated rings. The Labute approximate surface area is 93.0 Å². The van der Waals surface area contributed by atoms with Gasteiger partial charge in [0.15, 0.2) is 11.6 Å². The Morgan fingerprint density at radius 2 is 2.31 bits per heavy atom. The first-order valence-electron chi connectivity index (χ1n) is 5.09. The van der Waals surface area contributed by atoms with Gasteiger partial charge in [-0.25, -0.2) is 14.2 Å². The Morgan fingerprint density at radius 3 is 2.81 bits per heavy atom. The number of nitrogens with zero attached hydrogens (tertiary/aromatic N) is 1. The molecule has 0 spiro atoms. The van der Waals surface area contributed by atoms with Crippen LogP contribution < -0.4 is 4.74 Å². The summed E-state index contributed by atoms with van der Waals surface area (Å²) in [5.74, 6) is -0.139. The highest BCUT2D eigenvalue weighted by molar-refractivity contribution is 5.39. The number of benzene rings is 1. The first kappa shape index (κ1) is 10.8. The van der Waals surface area contributed by atoms with Gasteiger partial charge in [-0.05, 0) is 30.5 Å². The largest absolute Gasteiger partial charge is 0.494 e. The van der Waals surface area contributed by atoms with Gasteiger partial charge in [0.05, 0.1) is 13.7 Å². The Balaban J connectivity index is 2.27. The minimum absolute atomic E-state index is 0.148. The van der Waals surface area contributed by atoms with Crippen molar-refractivity contribution in [3.63, 3.8) is 0 Å². The maximum Gasteiger partial charge on any atom is 0.234 e. The third-order valence-corrected chi connectivity index (χ3v) is 3.06. The molecule has 1 aliphatic carbocycles. The normalized spacial score (nSPS) is 16.4. The average Bonchev–Trinajstić information content (AvgIpc) is 3.07. The van der Waals surface area contributed by atoms with Crippen LogP contribution in [0.4, 0.5) is 4.39 Å². The smallest absolute Gasteiger partial charge is 0.234 e. The minimum Gasteiger partial charge on any atom is -0.494 e. The van der Waals surface area contributed by atoms with Crippen molar-refractivity contribution in [2.24, 2.45) is 4.99 Å². The molecule has 0 radical (unpaired) electrons. The van der Waals surface area contributed by atoms with Crippen LogP contribution in [-0.2, 0) is 10.2 Å². The predicted molar refractivity (Wildman–Crippen MR) is 56.9 cm³/mol. The molecule has 0 atom stereocenters. The first-order valence-corrected chi connectivity index (χ1v) is 5.09. The lowest BCUT2D eigenvalue weighted by Gasteiger charge is -2.13. The number of carbonyl (C=O) groups excluding carboxylic acids is 1. The van der Waals surface area contributed by atoms with Gasteiger partial charge in [-0.2, -0.15) is 0 Å². The van der Waals surface area contributed by atoms with Crippen molar-refractivity contribution in [1.29, 1.82) is 0 Å². The van der Waals surface area contributed by atoms with Crippen molar-refractivity contribution in [3.05, 3.63) is 29.6 Å². The SMILES string of the molecule is COc1ccc(C2(CN=C=O)CC2)cc1F. The number of methoxy groups -OCH3 is 1. The Kier molecular flexibility index (Phi) is 2.75. The second-order valence-corrected chi connectivity index (χ2v) is 4.04. The quantitative estimate of drug-likeness (QED) is 0.577. The second kappa shape index (κ2) is 4.06. The number of hydrogen-bond donors (Lipinski definition) is 0. The Hall–Kier alpha value is -1.67. The molecule has 1 aliphatic rings. The lowest BCUT2D eigenvalue weighted by molar-refractivity contribution is 0.385. The summed E-state index contributed by atoms with van der Waals surface area (Å²) in [5, 5.41) is 0. The molecular weight excluding hydrogens is 209 g/mol. The van der Waals surface area contributed by atoms with Crippen LogP contribution in [0.25, 0.3) is 0 Å². The van der Waals surface area contributed by atoms with Gasteiger partial charge >= 0.3 is 0 Å². The van der Waals surface area contributed by atoms with Crippen molar-refractivity contribution in [2.45, 2.75) is 18.3 Å². The van der Waals surface area contributed by atoms with E-state index in [2.05, 4.69) is 4.99 Å². The van der Waals surface area contributed by atoms with Crippen molar-refractivity contribution in [2.75, 3.05) is 13.7 Å². The van der Waals surface area contributed by atoms with Crippen LogP contribution in [0.15, 0.2) is 23.2 Å². The van der Waals surface area contributed by atoms with E-state index in [9.17, 15) is 9.18 Å². The van der Waals surface area contributed by atoms with E-state index >= 15 is 0 Å². The number of halogens is 1. The maximum absolute atomic E-state index is 13.5. The van der Waals surface area contributed by atoms with Gasteiger partial charge in [-0.1, -0.05) is 6.07 Å². The molecule has 16 heavy (non-hydrogen) atoms. The highest BCUT2D eigenvalue weighted by atomic mass is 19.1. The fraction of sp³-hybridized carbons (Fsp3) is 0.417. The van der Waals surface area contributed by atoms with E-state index in [4.69, 9.17) is 4.74 Å². The summed E-state index contributed by atoms with van der Waals surface area (Å²) >= 11 is 0. The summed E-state index contributed by atoms with van der Waals surface area (Å²) in [6.45, 7) is 0.391. The zero-order valence-electron chi connectivity index (χ0n) is 9.00. The van der Waals surface area contributed by atoms with E-state index in [1.165, 1.54) is 19.3 Å². The minimum atomic E-state index is -0.374. The monoisotopic (exact) mass is 221 g/mol. The van der Waals surface area contributed by atoms with Crippen LogP contribution in [0.1, 0.15) is 18.4 Å². The topological polar surface area (TPSA) is 38.7 Å². The summed E-state index contributed by atoms with van der Waals surface area (Å²) < 4.78 is 18.4. The highest BCUT2D eigenvalue weighted by Gasteiger charge is 2.44. The van der Waals surface area contributed by atoms with Gasteiger partial charge in [-0.3, -0.25) is 0 Å². The van der Waals surface area contributed by atoms with Gasteiger partial charge in [0.1, 0.15) is 0 Å². The highest BCUT2D eigenvalue weighted by Crippen LogP contribution is 2.48. The van der Waals surface area contributed by atoms with Crippen LogP contribution in [-0.4, -0.2) is 19.7 Å². The third-order valence-electron chi connectivity index (χ3n) is 3.06. The number of isocyanates is 1. The molecule has 0 bridgehead atoms. The third kappa shape index (κ3) is 1.84. The lowest BCUT2D eigenvalue weighted by atomic mass is 9.96. The lowest BCUT2D eigenvalue weighted by Crippen LogP contribution is -2.11. The molecule has 0 N–H and O–H groups in total. The van der Waals surface area contributed by atoms with Crippen molar-refractivity contribution in [3.8, 4) is 5.75 Å². The molecule has 1 aromatic rings. The average molecular weight is 221 g/mol. The van der Waals surface area contributed by atoms with E-state index in [0.29, 0.717) is 6.54 Å². The van der Waals surface area contributed by atoms with E-state index in [1.54, 1.807) is 6.07 Å². The standard InChI is InChI=1S/C12H12FNO2/c1-16-11-3-2-9(6-10(11)13)12(4-5-12)7-14-8-15/h2-3,6H,4-5,7H2,1H3. The maximum atomic E-state index is 13.5. The molecule has 4 heteroatoms. The van der Waals surface area contributed by atoms with E-state index in [-0.39, 0.29) is 17.0 Å². The summed E-state index contributed by atoms with van der Waals surface area (Å²) in [6, 6.07) is 4.90. The molecule has 1 aromatic carbocycles. The van der Waals surface area contributed by atoms with Gasteiger partial charge < -0.3 is 4.74 Å². The Morgan fingerprint density at radius 1 is 1.56 bits per heavy atom. The molecule has 0 aromatic heterocycles. The molecule has 2 rings (SSSR count). The second-order valence-electron chi connectivity index (χ2n) is 4.04. The molecule has 1 saturated carbocycles. The zero-order valence-corrected chi connectivity index (χ0v) is 9.00. The van der Waals surface area contributed by atoms with Crippen LogP contribution >= 0.6 is 0 Å². The number of rotatable bonds is 4. The number of aliphatic imine (C=N–C) groups is 1. The molecule has 0 heterocycles. The fourth-order valence-electron chi connectivity index (χ4n) is 1.87. The summed E-state index contributed by atoms with van der Waals surface area (Å²) in [5.41, 5.74) is 0.731. The van der Waals surface area contributed by atoms with Gasteiger partial charge in [-0.15, -0.1) is 0 Å². The van der Waals surface area contributed by atoms with Crippen LogP contribution in [0.2, 0.25) is 0 Å². The number of ether oxygens (including phenoxy) is 1. The fourth-order valence-corrected chi connectivity index (χ4v) is 1.87. The Bertz CT molecular complexity index is 448. The molecule has 84 valence electrons. The van der Waals surface area contributed by atoms with Crippen molar-refractivity contribution >= 4 is 6.08 Å². The molecule has 3 nitrogen and oxygen atoms in total. The molecule has 0 saturated heterocycles. The van der Waals surface area contributed by atoms with E-state index < -0.39 is 0 Å². The van der Waals surface area contributed by atoms with E-state index in [0.717, 1.165) is 18.4 Å². The molecule has 0 amide bonds. The van der Waals surface area contributed by atoms with Gasteiger partial charge in [0, 0.05) is 5.41 Å². The summed E-state index contributed by atoms with van der Waals surface area (Å²) in [7, 11) is 1.43. The van der Waals surface area contributed by atoms with Crippen LogP contribution in [0.3, 0.4) is 0 Å². The molecule has 0 aliphatic heterocycles. The zero-order chi connectivity index (χ0) is 11.6. The number of hydrogen-bond acceptors (Lipinski definition) is 3. The predicted octanol–water partition coefficient (Wildman–Crippen LogP) is 2.20. The summed E-state index contributed by atoms with van der Waals surface area (Å²) in [6.07, 6.45) is 3.40.